The van der Waals surface area contributed by atoms with Crippen LogP contribution in [0.2, 0.25) is 0 Å². The van der Waals surface area contributed by atoms with E-state index in [1.165, 1.54) is 22.9 Å². The number of piperidine rings is 1. The lowest BCUT2D eigenvalue weighted by Gasteiger charge is -2.31. The van der Waals surface area contributed by atoms with Gasteiger partial charge in [0.05, 0.1) is 10.8 Å². The van der Waals surface area contributed by atoms with Gasteiger partial charge in [-0.05, 0) is 48.0 Å². The fraction of sp³-hybridized carbons (Fsp3) is 0.263. The van der Waals surface area contributed by atoms with Crippen molar-refractivity contribution >= 4 is 40.4 Å². The molecule has 1 unspecified atom stereocenters. The molecule has 0 spiro atoms. The van der Waals surface area contributed by atoms with Gasteiger partial charge in [0.15, 0.2) is 0 Å². The Labute approximate surface area is 165 Å². The zero-order valence-electron chi connectivity index (χ0n) is 14.5. The van der Waals surface area contributed by atoms with Crippen LogP contribution in [-0.4, -0.2) is 39.4 Å². The molecule has 138 valence electrons. The number of aromatic nitrogens is 2. The van der Waals surface area contributed by atoms with Gasteiger partial charge in [-0.3, -0.25) is 9.59 Å². The lowest BCUT2D eigenvalue weighted by molar-refractivity contribution is -0.121. The Kier molecular flexibility index (Phi) is 5.26. The van der Waals surface area contributed by atoms with Crippen LogP contribution < -0.4 is 5.32 Å². The molecule has 1 saturated heterocycles. The molecule has 1 N–H and O–H groups in total. The molecule has 3 aromatic rings. The van der Waals surface area contributed by atoms with Gasteiger partial charge < -0.3 is 10.2 Å². The molecule has 2 amide bonds. The topological polar surface area (TPSA) is 75.2 Å². The van der Waals surface area contributed by atoms with Gasteiger partial charge in [0.2, 0.25) is 5.91 Å². The third-order valence-electron chi connectivity index (χ3n) is 4.62. The van der Waals surface area contributed by atoms with Crippen molar-refractivity contribution in [3.8, 4) is 11.3 Å². The van der Waals surface area contributed by atoms with Crippen molar-refractivity contribution in [2.24, 2.45) is 5.92 Å². The van der Waals surface area contributed by atoms with E-state index >= 15 is 0 Å². The predicted octanol–water partition coefficient (Wildman–Crippen LogP) is 3.76. The monoisotopic (exact) mass is 398 g/mol. The summed E-state index contributed by atoms with van der Waals surface area (Å²) in [6.07, 6.45) is 1.63. The molecule has 3 heterocycles. The van der Waals surface area contributed by atoms with Gasteiger partial charge in [-0.1, -0.05) is 22.7 Å². The molecule has 1 aliphatic heterocycles. The minimum Gasteiger partial charge on any atom is -0.337 e. The van der Waals surface area contributed by atoms with Crippen molar-refractivity contribution < 1.29 is 9.59 Å². The van der Waals surface area contributed by atoms with Crippen LogP contribution in [-0.2, 0) is 4.79 Å². The number of anilines is 1. The molecule has 0 radical (unpaired) electrons. The van der Waals surface area contributed by atoms with Crippen LogP contribution in [0.1, 0.15) is 22.5 Å². The van der Waals surface area contributed by atoms with E-state index in [1.54, 1.807) is 4.90 Å². The van der Waals surface area contributed by atoms with Crippen molar-refractivity contribution in [1.82, 2.24) is 14.5 Å². The molecule has 1 atom stereocenters. The quantitative estimate of drug-likeness (QED) is 0.726. The average molecular weight is 399 g/mol. The maximum absolute atomic E-state index is 12.7. The van der Waals surface area contributed by atoms with Crippen LogP contribution >= 0.6 is 22.9 Å². The Hall–Kier alpha value is -2.58. The number of likely N-dealkylation sites (tertiary alicyclic amines) is 1. The number of benzene rings is 1. The van der Waals surface area contributed by atoms with Gasteiger partial charge in [0.25, 0.3) is 5.91 Å². The number of nitrogens with one attached hydrogen (secondary N) is 1. The minimum absolute atomic E-state index is 0.0173. The summed E-state index contributed by atoms with van der Waals surface area (Å²) in [7, 11) is 0. The predicted molar refractivity (Wildman–Crippen MR) is 107 cm³/mol. The van der Waals surface area contributed by atoms with Crippen LogP contribution in [0.15, 0.2) is 47.2 Å². The normalized spacial score (nSPS) is 16.9. The molecule has 0 bridgehead atoms. The summed E-state index contributed by atoms with van der Waals surface area (Å²) in [6, 6.07) is 11.3. The Morgan fingerprint density at radius 2 is 2.04 bits per heavy atom. The molecule has 0 saturated carbocycles. The SMILES string of the molecule is O=C(Nc1ccc(-c2csnn2)cc1)C1CCCN(C(=O)c2cccs2)C1. The van der Waals surface area contributed by atoms with Crippen molar-refractivity contribution in [2.45, 2.75) is 12.8 Å². The zero-order valence-corrected chi connectivity index (χ0v) is 16.1. The number of rotatable bonds is 4. The summed E-state index contributed by atoms with van der Waals surface area (Å²) >= 11 is 2.74. The van der Waals surface area contributed by atoms with Gasteiger partial charge in [-0.25, -0.2) is 0 Å². The highest BCUT2D eigenvalue weighted by Gasteiger charge is 2.29. The third kappa shape index (κ3) is 4.06. The minimum atomic E-state index is -0.190. The summed E-state index contributed by atoms with van der Waals surface area (Å²) in [6.45, 7) is 1.17. The molecule has 1 aromatic carbocycles. The Balaban J connectivity index is 1.38. The lowest BCUT2D eigenvalue weighted by atomic mass is 9.96. The Bertz CT molecular complexity index is 908. The second-order valence-corrected chi connectivity index (χ2v) is 7.98. The van der Waals surface area contributed by atoms with E-state index in [4.69, 9.17) is 0 Å². The second-order valence-electron chi connectivity index (χ2n) is 6.42. The molecule has 2 aromatic heterocycles. The second kappa shape index (κ2) is 7.98. The summed E-state index contributed by atoms with van der Waals surface area (Å²) in [5, 5.41) is 10.8. The molecule has 8 heteroatoms. The van der Waals surface area contributed by atoms with Gasteiger partial charge in [0.1, 0.15) is 5.69 Å². The van der Waals surface area contributed by atoms with Crippen molar-refractivity contribution in [1.29, 1.82) is 0 Å². The summed E-state index contributed by atoms with van der Waals surface area (Å²) in [4.78, 5) is 27.7. The van der Waals surface area contributed by atoms with E-state index in [-0.39, 0.29) is 17.7 Å². The standard InChI is InChI=1S/C19H18N4O2S2/c24-18(20-15-7-5-13(6-8-15)16-12-27-22-21-16)14-3-1-9-23(11-14)19(25)17-4-2-10-26-17/h2,4-8,10,12,14H,1,3,9,11H2,(H,20,24). The number of carbonyl (C=O) groups excluding carboxylic acids is 2. The van der Waals surface area contributed by atoms with Gasteiger partial charge in [-0.2, -0.15) is 0 Å². The first kappa shape index (κ1) is 17.8. The molecule has 1 aliphatic rings. The Morgan fingerprint density at radius 3 is 2.74 bits per heavy atom. The molecule has 1 fully saturated rings. The number of nitrogens with zero attached hydrogens (tertiary/aromatic N) is 3. The van der Waals surface area contributed by atoms with E-state index < -0.39 is 0 Å². The highest BCUT2D eigenvalue weighted by Crippen LogP contribution is 2.23. The molecule has 4 rings (SSSR count). The highest BCUT2D eigenvalue weighted by molar-refractivity contribution is 7.12. The van der Waals surface area contributed by atoms with Crippen molar-refractivity contribution in [2.75, 3.05) is 18.4 Å². The van der Waals surface area contributed by atoms with Crippen molar-refractivity contribution in [3.05, 3.63) is 52.0 Å². The number of carbonyl (C=O) groups is 2. The molecule has 6 nitrogen and oxygen atoms in total. The van der Waals surface area contributed by atoms with Crippen molar-refractivity contribution in [3.63, 3.8) is 0 Å². The van der Waals surface area contributed by atoms with Crippen LogP contribution in [0.5, 0.6) is 0 Å². The number of hydrogen-bond donors (Lipinski definition) is 1. The van der Waals surface area contributed by atoms with E-state index in [0.717, 1.165) is 34.7 Å². The lowest BCUT2D eigenvalue weighted by Crippen LogP contribution is -2.43. The average Bonchev–Trinajstić information content (AvgIpc) is 3.42. The maximum atomic E-state index is 12.7. The summed E-state index contributed by atoms with van der Waals surface area (Å²) < 4.78 is 3.86. The maximum Gasteiger partial charge on any atom is 0.263 e. The molecule has 27 heavy (non-hydrogen) atoms. The van der Waals surface area contributed by atoms with E-state index in [9.17, 15) is 9.59 Å². The first-order valence-electron chi connectivity index (χ1n) is 8.72. The first-order valence-corrected chi connectivity index (χ1v) is 10.4. The highest BCUT2D eigenvalue weighted by atomic mass is 32.1. The number of thiophene rings is 1. The van der Waals surface area contributed by atoms with E-state index in [1.807, 2.05) is 47.2 Å². The first-order chi connectivity index (χ1) is 13.2. The fourth-order valence-corrected chi connectivity index (χ4v) is 4.35. The summed E-state index contributed by atoms with van der Waals surface area (Å²) in [5.74, 6) is -0.212. The van der Waals surface area contributed by atoms with Crippen LogP contribution in [0.4, 0.5) is 5.69 Å². The molecule has 0 aliphatic carbocycles. The number of hydrogen-bond acceptors (Lipinski definition) is 6. The van der Waals surface area contributed by atoms with E-state index in [2.05, 4.69) is 14.9 Å². The van der Waals surface area contributed by atoms with Gasteiger partial charge in [0, 0.05) is 29.7 Å². The van der Waals surface area contributed by atoms with Gasteiger partial charge in [-0.15, -0.1) is 16.4 Å². The number of amides is 2. The van der Waals surface area contributed by atoms with Crippen LogP contribution in [0, 0.1) is 5.92 Å². The van der Waals surface area contributed by atoms with Crippen LogP contribution in [0.3, 0.4) is 0 Å². The van der Waals surface area contributed by atoms with Crippen LogP contribution in [0.25, 0.3) is 11.3 Å². The fourth-order valence-electron chi connectivity index (χ4n) is 3.19. The zero-order chi connectivity index (χ0) is 18.6. The van der Waals surface area contributed by atoms with Gasteiger partial charge >= 0.3 is 0 Å². The smallest absolute Gasteiger partial charge is 0.263 e. The molecular weight excluding hydrogens is 380 g/mol. The third-order valence-corrected chi connectivity index (χ3v) is 5.98. The Morgan fingerprint density at radius 1 is 1.19 bits per heavy atom. The van der Waals surface area contributed by atoms with E-state index in [0.29, 0.717) is 13.1 Å². The summed E-state index contributed by atoms with van der Waals surface area (Å²) in [5.41, 5.74) is 2.54. The molecular formula is C19H18N4O2S2. The largest absolute Gasteiger partial charge is 0.337 e.